The second-order valence-corrected chi connectivity index (χ2v) is 9.69. The van der Waals surface area contributed by atoms with E-state index in [4.69, 9.17) is 19.7 Å². The van der Waals surface area contributed by atoms with Crippen LogP contribution >= 0.6 is 0 Å². The van der Waals surface area contributed by atoms with Gasteiger partial charge in [-0.15, -0.1) is 0 Å². The topological polar surface area (TPSA) is 110 Å². The van der Waals surface area contributed by atoms with Gasteiger partial charge in [0.1, 0.15) is 6.61 Å². The van der Waals surface area contributed by atoms with Gasteiger partial charge in [-0.25, -0.2) is 14.4 Å². The first-order valence-corrected chi connectivity index (χ1v) is 14.4. The highest BCUT2D eigenvalue weighted by Gasteiger charge is 2.06. The molecule has 0 spiro atoms. The van der Waals surface area contributed by atoms with Crippen LogP contribution in [0.3, 0.4) is 0 Å². The molecule has 7 heteroatoms. The summed E-state index contributed by atoms with van der Waals surface area (Å²) >= 11 is 0. The van der Waals surface area contributed by atoms with Gasteiger partial charge in [0.05, 0.1) is 6.61 Å². The Morgan fingerprint density at radius 2 is 1.11 bits per heavy atom. The van der Waals surface area contributed by atoms with Crippen LogP contribution in [0.25, 0.3) is 0 Å². The van der Waals surface area contributed by atoms with E-state index in [1.807, 2.05) is 0 Å². The zero-order valence-corrected chi connectivity index (χ0v) is 24.1. The average molecular weight is 539 g/mol. The van der Waals surface area contributed by atoms with E-state index < -0.39 is 17.9 Å². The van der Waals surface area contributed by atoms with E-state index in [0.29, 0.717) is 13.2 Å². The van der Waals surface area contributed by atoms with Crippen LogP contribution in [-0.2, 0) is 23.9 Å². The molecule has 0 aromatic rings. The Kier molecular flexibility index (Phi) is 29.0. The number of ether oxygens (including phenoxy) is 2. The zero-order valence-electron chi connectivity index (χ0n) is 24.1. The van der Waals surface area contributed by atoms with Crippen molar-refractivity contribution in [1.29, 1.82) is 0 Å². The largest absolute Gasteiger partial charge is 0.478 e. The van der Waals surface area contributed by atoms with E-state index in [1.165, 1.54) is 109 Å². The molecule has 0 atom stereocenters. The van der Waals surface area contributed by atoms with Gasteiger partial charge in [0.2, 0.25) is 0 Å². The molecule has 0 rings (SSSR count). The minimum Gasteiger partial charge on any atom is -0.478 e. The SMILES string of the molecule is C=C(C)C(=O)O.C=C(CC=CC(=O)O)C(=O)OCCOCCCCCCCCCCCCCCCCCC. The number of rotatable bonds is 25. The minimum atomic E-state index is -1.05. The highest BCUT2D eigenvalue weighted by molar-refractivity contribution is 5.88. The second-order valence-electron chi connectivity index (χ2n) is 9.69. The first-order valence-electron chi connectivity index (χ1n) is 14.4. The van der Waals surface area contributed by atoms with Gasteiger partial charge in [0.15, 0.2) is 0 Å². The molecule has 0 fully saturated rings. The number of esters is 1. The van der Waals surface area contributed by atoms with Gasteiger partial charge < -0.3 is 19.7 Å². The lowest BCUT2D eigenvalue weighted by atomic mass is 10.0. The number of hydrogen-bond acceptors (Lipinski definition) is 5. The van der Waals surface area contributed by atoms with Crippen LogP contribution in [0, 0.1) is 0 Å². The van der Waals surface area contributed by atoms with Gasteiger partial charge >= 0.3 is 17.9 Å². The summed E-state index contributed by atoms with van der Waals surface area (Å²) in [6, 6.07) is 0. The van der Waals surface area contributed by atoms with Crippen molar-refractivity contribution in [2.45, 2.75) is 123 Å². The van der Waals surface area contributed by atoms with Gasteiger partial charge in [-0.05, 0) is 19.8 Å². The Bertz CT molecular complexity index is 655. The standard InChI is InChI=1S/C27H48O5.C4H6O2/c1-3-4-5-6-7-8-9-10-11-12-13-14-15-16-17-18-22-31-23-24-32-27(30)25(2)20-19-21-26(28)29;1-3(2)4(5)6/h19,21H,2-18,20,22-24H2,1H3,(H,28,29);1H2,2H3,(H,5,6). The quantitative estimate of drug-likeness (QED) is 0.0687. The van der Waals surface area contributed by atoms with Crippen molar-refractivity contribution in [3.05, 3.63) is 36.5 Å². The smallest absolute Gasteiger partial charge is 0.333 e. The molecule has 2 N–H and O–H groups in total. The van der Waals surface area contributed by atoms with Crippen molar-refractivity contribution < 1.29 is 34.1 Å². The maximum Gasteiger partial charge on any atom is 0.333 e. The maximum atomic E-state index is 11.7. The van der Waals surface area contributed by atoms with Crippen LogP contribution < -0.4 is 0 Å². The highest BCUT2D eigenvalue weighted by atomic mass is 16.6. The Labute approximate surface area is 231 Å². The number of hydrogen-bond donors (Lipinski definition) is 2. The maximum absolute atomic E-state index is 11.7. The van der Waals surface area contributed by atoms with Crippen LogP contribution in [0.2, 0.25) is 0 Å². The summed E-state index contributed by atoms with van der Waals surface area (Å²) in [5, 5.41) is 16.4. The summed E-state index contributed by atoms with van der Waals surface area (Å²) in [6.45, 7) is 11.7. The number of carbonyl (C=O) groups is 3. The summed E-state index contributed by atoms with van der Waals surface area (Å²) in [5.74, 6) is -2.49. The first-order chi connectivity index (χ1) is 18.2. The molecule has 38 heavy (non-hydrogen) atoms. The molecule has 0 amide bonds. The molecule has 0 bridgehead atoms. The Balaban J connectivity index is 0. The van der Waals surface area contributed by atoms with Gasteiger partial charge in [0.25, 0.3) is 0 Å². The molecular formula is C31H54O7. The van der Waals surface area contributed by atoms with E-state index >= 15 is 0 Å². The van der Waals surface area contributed by atoms with Crippen molar-refractivity contribution in [1.82, 2.24) is 0 Å². The van der Waals surface area contributed by atoms with E-state index in [-0.39, 0.29) is 24.2 Å². The summed E-state index contributed by atoms with van der Waals surface area (Å²) in [7, 11) is 0. The van der Waals surface area contributed by atoms with Gasteiger partial charge in [0, 0.05) is 23.8 Å². The lowest BCUT2D eigenvalue weighted by Crippen LogP contribution is -2.12. The van der Waals surface area contributed by atoms with E-state index in [9.17, 15) is 14.4 Å². The number of carbonyl (C=O) groups excluding carboxylic acids is 1. The fourth-order valence-corrected chi connectivity index (χ4v) is 3.53. The molecule has 0 aliphatic rings. The fourth-order valence-electron chi connectivity index (χ4n) is 3.53. The van der Waals surface area contributed by atoms with Crippen LogP contribution in [0.5, 0.6) is 0 Å². The Morgan fingerprint density at radius 1 is 0.684 bits per heavy atom. The third-order valence-corrected chi connectivity index (χ3v) is 5.88. The predicted molar refractivity (Wildman–Crippen MR) is 154 cm³/mol. The number of carboxylic acid groups (broad SMARTS) is 2. The van der Waals surface area contributed by atoms with Crippen LogP contribution in [0.15, 0.2) is 36.5 Å². The summed E-state index contributed by atoms with van der Waals surface area (Å²) in [5.41, 5.74) is 0.412. The Hall–Kier alpha value is -2.41. The third-order valence-electron chi connectivity index (χ3n) is 5.88. The van der Waals surface area contributed by atoms with Crippen LogP contribution in [0.4, 0.5) is 0 Å². The molecule has 7 nitrogen and oxygen atoms in total. The van der Waals surface area contributed by atoms with Crippen LogP contribution in [0.1, 0.15) is 123 Å². The molecule has 0 aromatic heterocycles. The number of carboxylic acids is 2. The molecule has 0 radical (unpaired) electrons. The van der Waals surface area contributed by atoms with E-state index in [2.05, 4.69) is 20.1 Å². The van der Waals surface area contributed by atoms with Crippen molar-refractivity contribution in [2.75, 3.05) is 19.8 Å². The highest BCUT2D eigenvalue weighted by Crippen LogP contribution is 2.13. The molecule has 0 saturated carbocycles. The molecule has 0 unspecified atom stereocenters. The number of unbranched alkanes of at least 4 members (excludes halogenated alkanes) is 15. The predicted octanol–water partition coefficient (Wildman–Crippen LogP) is 8.04. The van der Waals surface area contributed by atoms with Gasteiger partial charge in [-0.1, -0.05) is 122 Å². The van der Waals surface area contributed by atoms with Crippen LogP contribution in [-0.4, -0.2) is 47.9 Å². The third kappa shape index (κ3) is 31.6. The monoisotopic (exact) mass is 538 g/mol. The lowest BCUT2D eigenvalue weighted by Gasteiger charge is -2.07. The molecular weight excluding hydrogens is 484 g/mol. The van der Waals surface area contributed by atoms with Gasteiger partial charge in [-0.3, -0.25) is 0 Å². The molecule has 0 aromatic carbocycles. The van der Waals surface area contributed by atoms with Crippen molar-refractivity contribution >= 4 is 17.9 Å². The molecule has 0 aliphatic heterocycles. The van der Waals surface area contributed by atoms with Gasteiger partial charge in [-0.2, -0.15) is 0 Å². The second kappa shape index (κ2) is 29.2. The number of aliphatic carboxylic acids is 2. The zero-order chi connectivity index (χ0) is 28.9. The average Bonchev–Trinajstić information content (AvgIpc) is 2.87. The number of allylic oxidation sites excluding steroid dienone is 1. The molecule has 0 heterocycles. The normalized spacial score (nSPS) is 10.6. The van der Waals surface area contributed by atoms with E-state index in [1.54, 1.807) is 0 Å². The summed E-state index contributed by atoms with van der Waals surface area (Å²) in [4.78, 5) is 31.6. The Morgan fingerprint density at radius 3 is 1.50 bits per heavy atom. The molecule has 0 saturated heterocycles. The first kappa shape index (κ1) is 37.7. The summed E-state index contributed by atoms with van der Waals surface area (Å²) in [6.07, 6.45) is 24.1. The molecule has 220 valence electrons. The lowest BCUT2D eigenvalue weighted by molar-refractivity contribution is -0.140. The van der Waals surface area contributed by atoms with Crippen molar-refractivity contribution in [2.24, 2.45) is 0 Å². The summed E-state index contributed by atoms with van der Waals surface area (Å²) < 4.78 is 10.5. The van der Waals surface area contributed by atoms with Crippen molar-refractivity contribution in [3.8, 4) is 0 Å². The fraction of sp³-hybridized carbons (Fsp3) is 0.710. The minimum absolute atomic E-state index is 0.172. The molecule has 0 aliphatic carbocycles. The van der Waals surface area contributed by atoms with E-state index in [0.717, 1.165) is 12.5 Å². The van der Waals surface area contributed by atoms with Crippen molar-refractivity contribution in [3.63, 3.8) is 0 Å².